The second-order valence-electron chi connectivity index (χ2n) is 4.38. The van der Waals surface area contributed by atoms with Crippen molar-refractivity contribution >= 4 is 11.6 Å². The fourth-order valence-electron chi connectivity index (χ4n) is 1.75. The fourth-order valence-corrected chi connectivity index (χ4v) is 1.75. The van der Waals surface area contributed by atoms with E-state index in [4.69, 9.17) is 0 Å². The SMILES string of the molecule is CNc1cc(NC(C)c2nncn2C)nc(C(F)(F)F)n1. The summed E-state index contributed by atoms with van der Waals surface area (Å²) < 4.78 is 39.9. The van der Waals surface area contributed by atoms with Gasteiger partial charge in [0.2, 0.25) is 5.82 Å². The van der Waals surface area contributed by atoms with E-state index in [-0.39, 0.29) is 17.7 Å². The summed E-state index contributed by atoms with van der Waals surface area (Å²) >= 11 is 0. The lowest BCUT2D eigenvalue weighted by atomic mass is 10.3. The van der Waals surface area contributed by atoms with Gasteiger partial charge in [0, 0.05) is 20.2 Å². The molecule has 0 saturated carbocycles. The van der Waals surface area contributed by atoms with Gasteiger partial charge in [-0.05, 0) is 6.92 Å². The third kappa shape index (κ3) is 3.38. The molecule has 0 aliphatic heterocycles. The Labute approximate surface area is 118 Å². The van der Waals surface area contributed by atoms with E-state index >= 15 is 0 Å². The minimum absolute atomic E-state index is 0.0529. The predicted octanol–water partition coefficient (Wildman–Crippen LogP) is 1.84. The van der Waals surface area contributed by atoms with Crippen LogP contribution in [0.25, 0.3) is 0 Å². The summed E-state index contributed by atoms with van der Waals surface area (Å²) in [4.78, 5) is 6.88. The molecule has 2 aromatic heterocycles. The van der Waals surface area contributed by atoms with Crippen molar-refractivity contribution in [2.75, 3.05) is 17.7 Å². The number of anilines is 2. The summed E-state index contributed by atoms with van der Waals surface area (Å²) in [6.45, 7) is 1.75. The minimum atomic E-state index is -4.61. The average molecular weight is 301 g/mol. The highest BCUT2D eigenvalue weighted by atomic mass is 19.4. The molecule has 0 saturated heterocycles. The Morgan fingerprint density at radius 1 is 1.24 bits per heavy atom. The first-order valence-electron chi connectivity index (χ1n) is 6.05. The van der Waals surface area contributed by atoms with Gasteiger partial charge in [0.1, 0.15) is 18.0 Å². The van der Waals surface area contributed by atoms with Gasteiger partial charge in [-0.25, -0.2) is 9.97 Å². The predicted molar refractivity (Wildman–Crippen MR) is 69.6 cm³/mol. The van der Waals surface area contributed by atoms with E-state index in [2.05, 4.69) is 30.8 Å². The number of aryl methyl sites for hydroxylation is 1. The normalized spacial score (nSPS) is 13.0. The maximum Gasteiger partial charge on any atom is 0.451 e. The van der Waals surface area contributed by atoms with Crippen molar-refractivity contribution in [2.45, 2.75) is 19.1 Å². The van der Waals surface area contributed by atoms with Gasteiger partial charge in [-0.2, -0.15) is 13.2 Å². The van der Waals surface area contributed by atoms with Crippen molar-refractivity contribution < 1.29 is 13.2 Å². The van der Waals surface area contributed by atoms with Crippen LogP contribution in [0.4, 0.5) is 24.8 Å². The Morgan fingerprint density at radius 3 is 2.43 bits per heavy atom. The molecule has 2 aromatic rings. The van der Waals surface area contributed by atoms with E-state index in [9.17, 15) is 13.2 Å². The Kier molecular flexibility index (Phi) is 3.96. The van der Waals surface area contributed by atoms with Crippen LogP contribution in [-0.2, 0) is 13.2 Å². The molecule has 0 radical (unpaired) electrons. The average Bonchev–Trinajstić information content (AvgIpc) is 2.83. The van der Waals surface area contributed by atoms with Crippen molar-refractivity contribution in [3.8, 4) is 0 Å². The molecule has 0 aromatic carbocycles. The zero-order valence-electron chi connectivity index (χ0n) is 11.6. The number of nitrogens with one attached hydrogen (secondary N) is 2. The maximum atomic E-state index is 12.8. The molecule has 0 aliphatic carbocycles. The van der Waals surface area contributed by atoms with Crippen LogP contribution in [0.2, 0.25) is 0 Å². The minimum Gasteiger partial charge on any atom is -0.373 e. The van der Waals surface area contributed by atoms with Crippen molar-refractivity contribution in [2.24, 2.45) is 7.05 Å². The summed E-state index contributed by atoms with van der Waals surface area (Å²) in [5.74, 6) is -0.502. The first-order chi connectivity index (χ1) is 9.81. The number of nitrogens with zero attached hydrogens (tertiary/aromatic N) is 5. The molecule has 0 aliphatic rings. The number of halogens is 3. The summed E-state index contributed by atoms with van der Waals surface area (Å²) in [6.07, 6.45) is -3.11. The lowest BCUT2D eigenvalue weighted by Gasteiger charge is -2.15. The van der Waals surface area contributed by atoms with Crippen molar-refractivity contribution in [3.63, 3.8) is 0 Å². The zero-order valence-corrected chi connectivity index (χ0v) is 11.6. The second-order valence-corrected chi connectivity index (χ2v) is 4.38. The van der Waals surface area contributed by atoms with Gasteiger partial charge in [0.05, 0.1) is 6.04 Å². The first kappa shape index (κ1) is 15.0. The summed E-state index contributed by atoms with van der Waals surface area (Å²) in [7, 11) is 3.23. The van der Waals surface area contributed by atoms with Gasteiger partial charge in [-0.15, -0.1) is 10.2 Å². The Balaban J connectivity index is 2.29. The largest absolute Gasteiger partial charge is 0.451 e. The van der Waals surface area contributed by atoms with Gasteiger partial charge < -0.3 is 15.2 Å². The van der Waals surface area contributed by atoms with Gasteiger partial charge in [-0.1, -0.05) is 0 Å². The van der Waals surface area contributed by atoms with Crippen LogP contribution in [0.5, 0.6) is 0 Å². The van der Waals surface area contributed by atoms with E-state index in [1.165, 1.54) is 19.4 Å². The second kappa shape index (κ2) is 5.54. The van der Waals surface area contributed by atoms with Gasteiger partial charge in [0.25, 0.3) is 0 Å². The molecule has 2 heterocycles. The highest BCUT2D eigenvalue weighted by Gasteiger charge is 2.35. The summed E-state index contributed by atoms with van der Waals surface area (Å²) in [6, 6.07) is 1.03. The zero-order chi connectivity index (χ0) is 15.6. The number of hydrogen-bond donors (Lipinski definition) is 2. The van der Waals surface area contributed by atoms with Crippen LogP contribution in [0.3, 0.4) is 0 Å². The molecule has 114 valence electrons. The molecular weight excluding hydrogens is 287 g/mol. The molecule has 1 unspecified atom stereocenters. The number of hydrogen-bond acceptors (Lipinski definition) is 6. The molecule has 10 heteroatoms. The fraction of sp³-hybridized carbons (Fsp3) is 0.455. The number of alkyl halides is 3. The van der Waals surface area contributed by atoms with Crippen LogP contribution in [-0.4, -0.2) is 31.8 Å². The number of rotatable bonds is 4. The Morgan fingerprint density at radius 2 is 1.90 bits per heavy atom. The molecular formula is C11H14F3N7. The third-order valence-corrected chi connectivity index (χ3v) is 2.73. The standard InChI is InChI=1S/C11H14F3N7/c1-6(9-20-16-5-21(9)3)17-8-4-7(15-2)18-10(19-8)11(12,13)14/h4-6H,1-3H3,(H2,15,17,18,19). The van der Waals surface area contributed by atoms with Crippen molar-refractivity contribution in [3.05, 3.63) is 24.0 Å². The van der Waals surface area contributed by atoms with E-state index in [0.29, 0.717) is 5.82 Å². The quantitative estimate of drug-likeness (QED) is 0.897. The molecule has 2 rings (SSSR count). The van der Waals surface area contributed by atoms with Gasteiger partial charge in [-0.3, -0.25) is 0 Å². The van der Waals surface area contributed by atoms with Crippen LogP contribution in [0, 0.1) is 0 Å². The van der Waals surface area contributed by atoms with E-state index in [1.807, 2.05) is 0 Å². The molecule has 0 spiro atoms. The molecule has 21 heavy (non-hydrogen) atoms. The molecule has 0 bridgehead atoms. The third-order valence-electron chi connectivity index (χ3n) is 2.73. The van der Waals surface area contributed by atoms with Crippen molar-refractivity contribution in [1.29, 1.82) is 0 Å². The van der Waals surface area contributed by atoms with E-state index in [1.54, 1.807) is 18.5 Å². The monoisotopic (exact) mass is 301 g/mol. The molecule has 7 nitrogen and oxygen atoms in total. The molecule has 0 amide bonds. The highest BCUT2D eigenvalue weighted by Crippen LogP contribution is 2.29. The summed E-state index contributed by atoms with van der Waals surface area (Å²) in [5.41, 5.74) is 0. The topological polar surface area (TPSA) is 80.5 Å². The lowest BCUT2D eigenvalue weighted by Crippen LogP contribution is -2.17. The van der Waals surface area contributed by atoms with Crippen LogP contribution in [0.15, 0.2) is 12.4 Å². The Hall–Kier alpha value is -2.39. The first-order valence-corrected chi connectivity index (χ1v) is 6.05. The summed E-state index contributed by atoms with van der Waals surface area (Å²) in [5, 5.41) is 13.1. The maximum absolute atomic E-state index is 12.8. The molecule has 2 N–H and O–H groups in total. The van der Waals surface area contributed by atoms with E-state index < -0.39 is 12.0 Å². The number of aromatic nitrogens is 5. The lowest BCUT2D eigenvalue weighted by molar-refractivity contribution is -0.144. The van der Waals surface area contributed by atoms with E-state index in [0.717, 1.165) is 0 Å². The molecule has 1 atom stereocenters. The van der Waals surface area contributed by atoms with Crippen molar-refractivity contribution in [1.82, 2.24) is 24.7 Å². The smallest absolute Gasteiger partial charge is 0.373 e. The Bertz CT molecular complexity index is 623. The van der Waals surface area contributed by atoms with Gasteiger partial charge in [0.15, 0.2) is 5.82 Å². The van der Waals surface area contributed by atoms with Crippen LogP contribution in [0.1, 0.15) is 24.6 Å². The van der Waals surface area contributed by atoms with Crippen LogP contribution < -0.4 is 10.6 Å². The molecule has 0 fully saturated rings. The highest BCUT2D eigenvalue weighted by molar-refractivity contribution is 5.48. The van der Waals surface area contributed by atoms with Gasteiger partial charge >= 0.3 is 6.18 Å². The van der Waals surface area contributed by atoms with Crippen LogP contribution >= 0.6 is 0 Å².